The molecular formula is C22H24FN3O2S. The lowest BCUT2D eigenvalue weighted by molar-refractivity contribution is -0.118. The number of likely N-dealkylation sites (tertiary alicyclic amines) is 1. The lowest BCUT2D eigenvalue weighted by Crippen LogP contribution is -2.42. The Kier molecular flexibility index (Phi) is 5.61. The standard InChI is InChI=1S/C22H24FN3O2S/c1-13-10-14(22(28)26-8-6-16(24)7-9-26)2-4-17(13)19-11-15(23)3-5-18(19)21-25-20(27)12-29-21/h2-5,10-11,16,21H,6-9,12,24H2,1H3,(H,25,27). The highest BCUT2D eigenvalue weighted by Crippen LogP contribution is 2.38. The van der Waals surface area contributed by atoms with Crippen molar-refractivity contribution >= 4 is 23.6 Å². The Hall–Kier alpha value is -2.38. The molecule has 0 saturated carbocycles. The number of thioether (sulfide) groups is 1. The van der Waals surface area contributed by atoms with Crippen LogP contribution in [-0.4, -0.2) is 41.6 Å². The average molecular weight is 414 g/mol. The van der Waals surface area contributed by atoms with Crippen molar-refractivity contribution in [1.82, 2.24) is 10.2 Å². The van der Waals surface area contributed by atoms with Crippen LogP contribution in [0.3, 0.4) is 0 Å². The Balaban J connectivity index is 1.64. The second kappa shape index (κ2) is 8.16. The minimum absolute atomic E-state index is 0.00428. The first kappa shape index (κ1) is 19.9. The number of nitrogens with one attached hydrogen (secondary N) is 1. The fourth-order valence-electron chi connectivity index (χ4n) is 3.93. The van der Waals surface area contributed by atoms with E-state index in [0.717, 1.165) is 35.1 Å². The van der Waals surface area contributed by atoms with Gasteiger partial charge in [0.15, 0.2) is 0 Å². The van der Waals surface area contributed by atoms with Gasteiger partial charge in [-0.2, -0.15) is 0 Å². The third-order valence-corrected chi connectivity index (χ3v) is 6.70. The number of benzene rings is 2. The summed E-state index contributed by atoms with van der Waals surface area (Å²) in [5.74, 6) is 0.0500. The van der Waals surface area contributed by atoms with Crippen LogP contribution in [-0.2, 0) is 4.79 Å². The zero-order valence-corrected chi connectivity index (χ0v) is 17.1. The van der Waals surface area contributed by atoms with E-state index in [0.29, 0.717) is 24.4 Å². The number of rotatable bonds is 3. The number of nitrogens with zero attached hydrogens (tertiary/aromatic N) is 1. The van der Waals surface area contributed by atoms with Crippen LogP contribution < -0.4 is 11.1 Å². The second-order valence-corrected chi connectivity index (χ2v) is 8.74. The Bertz CT molecular complexity index is 957. The molecular weight excluding hydrogens is 389 g/mol. The molecule has 2 aromatic carbocycles. The summed E-state index contributed by atoms with van der Waals surface area (Å²) in [4.78, 5) is 26.3. The van der Waals surface area contributed by atoms with Crippen LogP contribution in [0.25, 0.3) is 11.1 Å². The molecule has 0 bridgehead atoms. The van der Waals surface area contributed by atoms with E-state index in [4.69, 9.17) is 5.73 Å². The van der Waals surface area contributed by atoms with Gasteiger partial charge >= 0.3 is 0 Å². The van der Waals surface area contributed by atoms with Gasteiger partial charge in [-0.15, -0.1) is 11.8 Å². The minimum atomic E-state index is -0.331. The van der Waals surface area contributed by atoms with Gasteiger partial charge in [-0.25, -0.2) is 4.39 Å². The Labute approximate surface area is 173 Å². The first-order valence-corrected chi connectivity index (χ1v) is 10.8. The number of piperidine rings is 1. The lowest BCUT2D eigenvalue weighted by atomic mass is 9.93. The number of hydrogen-bond donors (Lipinski definition) is 2. The highest BCUT2D eigenvalue weighted by atomic mass is 32.2. The molecule has 152 valence electrons. The van der Waals surface area contributed by atoms with Gasteiger partial charge in [-0.3, -0.25) is 9.59 Å². The van der Waals surface area contributed by atoms with Crippen molar-refractivity contribution in [2.45, 2.75) is 31.2 Å². The molecule has 0 aliphatic carbocycles. The topological polar surface area (TPSA) is 75.4 Å². The summed E-state index contributed by atoms with van der Waals surface area (Å²) in [6.07, 6.45) is 1.64. The molecule has 3 N–H and O–H groups in total. The van der Waals surface area contributed by atoms with Crippen LogP contribution in [0.5, 0.6) is 0 Å². The van der Waals surface area contributed by atoms with Crippen molar-refractivity contribution in [2.24, 2.45) is 5.73 Å². The van der Waals surface area contributed by atoms with E-state index in [1.165, 1.54) is 23.9 Å². The van der Waals surface area contributed by atoms with Crippen molar-refractivity contribution in [3.63, 3.8) is 0 Å². The molecule has 1 unspecified atom stereocenters. The predicted octanol–water partition coefficient (Wildman–Crippen LogP) is 3.23. The number of aryl methyl sites for hydroxylation is 1. The zero-order valence-electron chi connectivity index (χ0n) is 16.3. The molecule has 2 saturated heterocycles. The van der Waals surface area contributed by atoms with Crippen LogP contribution >= 0.6 is 11.8 Å². The van der Waals surface area contributed by atoms with Crippen LogP contribution in [0, 0.1) is 12.7 Å². The lowest BCUT2D eigenvalue weighted by Gasteiger charge is -2.30. The molecule has 5 nitrogen and oxygen atoms in total. The number of nitrogens with two attached hydrogens (primary N) is 1. The molecule has 2 aromatic rings. The van der Waals surface area contributed by atoms with Gasteiger partial charge in [-0.1, -0.05) is 12.1 Å². The molecule has 4 rings (SSSR count). The molecule has 2 fully saturated rings. The predicted molar refractivity (Wildman–Crippen MR) is 113 cm³/mol. The van der Waals surface area contributed by atoms with Crippen molar-refractivity contribution in [2.75, 3.05) is 18.8 Å². The first-order chi connectivity index (χ1) is 13.9. The van der Waals surface area contributed by atoms with Crippen LogP contribution in [0.4, 0.5) is 4.39 Å². The summed E-state index contributed by atoms with van der Waals surface area (Å²) in [6.45, 7) is 3.27. The third-order valence-electron chi connectivity index (χ3n) is 5.56. The molecule has 1 atom stereocenters. The molecule has 29 heavy (non-hydrogen) atoms. The van der Waals surface area contributed by atoms with E-state index in [1.807, 2.05) is 24.0 Å². The number of carbonyl (C=O) groups is 2. The first-order valence-electron chi connectivity index (χ1n) is 9.78. The third kappa shape index (κ3) is 4.16. The quantitative estimate of drug-likeness (QED) is 0.810. The van der Waals surface area contributed by atoms with E-state index in [2.05, 4.69) is 5.32 Å². The van der Waals surface area contributed by atoms with Gasteiger partial charge in [-0.05, 0) is 66.3 Å². The van der Waals surface area contributed by atoms with Gasteiger partial charge < -0.3 is 16.0 Å². The van der Waals surface area contributed by atoms with Crippen molar-refractivity contribution in [3.8, 4) is 11.1 Å². The van der Waals surface area contributed by atoms with Crippen LogP contribution in [0.15, 0.2) is 36.4 Å². The maximum atomic E-state index is 14.0. The fraction of sp³-hybridized carbons (Fsp3) is 0.364. The Morgan fingerprint density at radius 1 is 1.17 bits per heavy atom. The maximum Gasteiger partial charge on any atom is 0.253 e. The van der Waals surface area contributed by atoms with Crippen LogP contribution in [0.2, 0.25) is 0 Å². The van der Waals surface area contributed by atoms with E-state index in [9.17, 15) is 14.0 Å². The maximum absolute atomic E-state index is 14.0. The van der Waals surface area contributed by atoms with Gasteiger partial charge in [0, 0.05) is 24.7 Å². The number of carbonyl (C=O) groups excluding carboxylic acids is 2. The van der Waals surface area contributed by atoms with Gasteiger partial charge in [0.1, 0.15) is 11.2 Å². The van der Waals surface area contributed by atoms with E-state index in [1.54, 1.807) is 12.1 Å². The van der Waals surface area contributed by atoms with Gasteiger partial charge in [0.25, 0.3) is 5.91 Å². The summed E-state index contributed by atoms with van der Waals surface area (Å²) in [7, 11) is 0. The van der Waals surface area contributed by atoms with E-state index >= 15 is 0 Å². The molecule has 2 aliphatic rings. The summed E-state index contributed by atoms with van der Waals surface area (Å²) < 4.78 is 14.0. The second-order valence-electron chi connectivity index (χ2n) is 7.65. The average Bonchev–Trinajstić information content (AvgIpc) is 3.14. The number of hydrogen-bond acceptors (Lipinski definition) is 4. The molecule has 0 spiro atoms. The fourth-order valence-corrected chi connectivity index (χ4v) is 4.93. The molecule has 0 radical (unpaired) electrons. The monoisotopic (exact) mass is 413 g/mol. The smallest absolute Gasteiger partial charge is 0.253 e. The molecule has 7 heteroatoms. The summed E-state index contributed by atoms with van der Waals surface area (Å²) >= 11 is 1.50. The summed E-state index contributed by atoms with van der Waals surface area (Å²) in [5.41, 5.74) is 9.93. The van der Waals surface area contributed by atoms with Gasteiger partial charge in [0.05, 0.1) is 5.75 Å². The van der Waals surface area contributed by atoms with Crippen molar-refractivity contribution in [1.29, 1.82) is 0 Å². The minimum Gasteiger partial charge on any atom is -0.339 e. The largest absolute Gasteiger partial charge is 0.339 e. The van der Waals surface area contributed by atoms with Crippen molar-refractivity contribution in [3.05, 3.63) is 58.9 Å². The number of amides is 2. The summed E-state index contributed by atoms with van der Waals surface area (Å²) in [5, 5.41) is 2.73. The van der Waals surface area contributed by atoms with Crippen LogP contribution in [0.1, 0.15) is 39.7 Å². The Morgan fingerprint density at radius 2 is 1.93 bits per heavy atom. The highest BCUT2D eigenvalue weighted by Gasteiger charge is 2.27. The SMILES string of the molecule is Cc1cc(C(=O)N2CCC(N)CC2)ccc1-c1cc(F)ccc1C1NC(=O)CS1. The number of halogens is 1. The molecule has 0 aromatic heterocycles. The zero-order chi connectivity index (χ0) is 20.5. The molecule has 2 aliphatic heterocycles. The summed E-state index contributed by atoms with van der Waals surface area (Å²) in [6, 6.07) is 10.3. The van der Waals surface area contributed by atoms with Gasteiger partial charge in [0.2, 0.25) is 5.91 Å². The normalized spacial score (nSPS) is 20.0. The molecule has 2 amide bonds. The van der Waals surface area contributed by atoms with E-state index < -0.39 is 0 Å². The molecule has 2 heterocycles. The Morgan fingerprint density at radius 3 is 2.59 bits per heavy atom. The highest BCUT2D eigenvalue weighted by molar-refractivity contribution is 8.00. The van der Waals surface area contributed by atoms with E-state index in [-0.39, 0.29) is 29.0 Å². The van der Waals surface area contributed by atoms with Crippen molar-refractivity contribution < 1.29 is 14.0 Å².